The van der Waals surface area contributed by atoms with Gasteiger partial charge in [0, 0.05) is 10.6 Å². The maximum absolute atomic E-state index is 12.2. The van der Waals surface area contributed by atoms with E-state index in [1.54, 1.807) is 6.07 Å². The number of amides is 1. The van der Waals surface area contributed by atoms with Crippen molar-refractivity contribution >= 4 is 23.2 Å². The summed E-state index contributed by atoms with van der Waals surface area (Å²) >= 11 is 6.24. The van der Waals surface area contributed by atoms with Gasteiger partial charge in [0.15, 0.2) is 0 Å². The van der Waals surface area contributed by atoms with Gasteiger partial charge in [0.25, 0.3) is 0 Å². The molecule has 1 saturated carbocycles. The number of fused-ring (bicyclic) bond motifs is 1. The van der Waals surface area contributed by atoms with Gasteiger partial charge in [0.1, 0.15) is 0 Å². The van der Waals surface area contributed by atoms with Crippen molar-refractivity contribution in [1.82, 2.24) is 0 Å². The zero-order chi connectivity index (χ0) is 15.2. The van der Waals surface area contributed by atoms with Gasteiger partial charge in [-0.15, -0.1) is 0 Å². The van der Waals surface area contributed by atoms with Crippen LogP contribution in [0.1, 0.15) is 63.2 Å². The summed E-state index contributed by atoms with van der Waals surface area (Å²) in [5.41, 5.74) is 1.85. The molecule has 0 saturated heterocycles. The van der Waals surface area contributed by atoms with Gasteiger partial charge >= 0.3 is 0 Å². The first-order valence-corrected chi connectivity index (χ1v) is 8.12. The van der Waals surface area contributed by atoms with Gasteiger partial charge in [-0.1, -0.05) is 30.9 Å². The monoisotopic (exact) mass is 307 g/mol. The molecule has 0 radical (unpaired) electrons. The summed E-state index contributed by atoms with van der Waals surface area (Å²) < 4.78 is 0. The highest BCUT2D eigenvalue weighted by atomic mass is 35.5. The molecule has 3 nitrogen and oxygen atoms in total. The minimum Gasteiger partial charge on any atom is -0.388 e. The lowest BCUT2D eigenvalue weighted by Gasteiger charge is -2.28. The molecular formula is C17H22ClNO2. The lowest BCUT2D eigenvalue weighted by atomic mass is 9.80. The topological polar surface area (TPSA) is 49.3 Å². The van der Waals surface area contributed by atoms with Crippen molar-refractivity contribution in [3.8, 4) is 0 Å². The van der Waals surface area contributed by atoms with Crippen LogP contribution < -0.4 is 5.32 Å². The normalized spacial score (nSPS) is 22.8. The van der Waals surface area contributed by atoms with Crippen LogP contribution in [0.15, 0.2) is 12.1 Å². The predicted octanol–water partition coefficient (Wildman–Crippen LogP) is 4.18. The molecular weight excluding hydrogens is 286 g/mol. The van der Waals surface area contributed by atoms with Gasteiger partial charge < -0.3 is 10.4 Å². The summed E-state index contributed by atoms with van der Waals surface area (Å²) in [4.78, 5) is 12.2. The lowest BCUT2D eigenvalue weighted by Crippen LogP contribution is -2.26. The Hall–Kier alpha value is -1.06. The minimum absolute atomic E-state index is 0.0307. The second-order valence-corrected chi connectivity index (χ2v) is 7.28. The van der Waals surface area contributed by atoms with E-state index in [1.165, 1.54) is 19.3 Å². The maximum atomic E-state index is 12.2. The summed E-state index contributed by atoms with van der Waals surface area (Å²) in [7, 11) is 0. The first-order valence-electron chi connectivity index (χ1n) is 7.74. The molecule has 3 rings (SSSR count). The van der Waals surface area contributed by atoms with Crippen molar-refractivity contribution in [3.63, 3.8) is 0 Å². The molecule has 1 heterocycles. The largest absolute Gasteiger partial charge is 0.388 e. The third-order valence-corrected chi connectivity index (χ3v) is 5.25. The molecule has 2 N–H and O–H groups in total. The Morgan fingerprint density at radius 2 is 1.95 bits per heavy atom. The van der Waals surface area contributed by atoms with E-state index >= 15 is 0 Å². The number of nitrogens with one attached hydrogen (secondary N) is 1. The van der Waals surface area contributed by atoms with E-state index in [1.807, 2.05) is 19.9 Å². The standard InChI is InChI=1S/C17H22ClNO2/c1-17(2)13-9-11(18)8-12(14(13)19-16(17)21)15(20)10-6-4-3-5-7-10/h8-10,15,20H,3-7H2,1-2H3,(H,19,21). The maximum Gasteiger partial charge on any atom is 0.234 e. The fraction of sp³-hybridized carbons (Fsp3) is 0.588. The van der Waals surface area contributed by atoms with Crippen LogP contribution in [0, 0.1) is 5.92 Å². The summed E-state index contributed by atoms with van der Waals surface area (Å²) in [5.74, 6) is 0.235. The molecule has 0 bridgehead atoms. The third-order valence-electron chi connectivity index (χ3n) is 5.03. The van der Waals surface area contributed by atoms with Gasteiger partial charge in [-0.2, -0.15) is 0 Å². The molecule has 1 aliphatic carbocycles. The van der Waals surface area contributed by atoms with Crippen LogP contribution in [0.5, 0.6) is 0 Å². The zero-order valence-electron chi connectivity index (χ0n) is 12.6. The predicted molar refractivity (Wildman–Crippen MR) is 84.6 cm³/mol. The summed E-state index contributed by atoms with van der Waals surface area (Å²) in [6.07, 6.45) is 5.12. The van der Waals surface area contributed by atoms with E-state index in [-0.39, 0.29) is 11.8 Å². The third kappa shape index (κ3) is 2.47. The molecule has 2 aliphatic rings. The Morgan fingerprint density at radius 3 is 2.62 bits per heavy atom. The van der Waals surface area contributed by atoms with Crippen LogP contribution in [0.25, 0.3) is 0 Å². The first-order chi connectivity index (χ1) is 9.91. The Labute approximate surface area is 130 Å². The number of halogens is 1. The Balaban J connectivity index is 2.02. The molecule has 114 valence electrons. The molecule has 0 aromatic heterocycles. The molecule has 1 fully saturated rings. The SMILES string of the molecule is CC1(C)C(=O)Nc2c(C(O)C3CCCCC3)cc(Cl)cc21. The number of anilines is 1. The van der Waals surface area contributed by atoms with Crippen LogP contribution in [-0.2, 0) is 10.2 Å². The molecule has 1 amide bonds. The smallest absolute Gasteiger partial charge is 0.234 e. The second-order valence-electron chi connectivity index (χ2n) is 6.84. The Bertz CT molecular complexity index is 576. The number of hydrogen-bond donors (Lipinski definition) is 2. The van der Waals surface area contributed by atoms with E-state index < -0.39 is 11.5 Å². The zero-order valence-corrected chi connectivity index (χ0v) is 13.3. The van der Waals surface area contributed by atoms with Crippen LogP contribution in [0.4, 0.5) is 5.69 Å². The summed E-state index contributed by atoms with van der Waals surface area (Å²) in [6.45, 7) is 3.78. The van der Waals surface area contributed by atoms with E-state index in [0.717, 1.165) is 29.7 Å². The van der Waals surface area contributed by atoms with Gasteiger partial charge in [-0.3, -0.25) is 4.79 Å². The quantitative estimate of drug-likeness (QED) is 0.861. The number of benzene rings is 1. The highest BCUT2D eigenvalue weighted by Gasteiger charge is 2.41. The van der Waals surface area contributed by atoms with Crippen LogP contribution >= 0.6 is 11.6 Å². The highest BCUT2D eigenvalue weighted by molar-refractivity contribution is 6.31. The highest BCUT2D eigenvalue weighted by Crippen LogP contribution is 2.46. The van der Waals surface area contributed by atoms with Gasteiger partial charge in [0.2, 0.25) is 5.91 Å². The average molecular weight is 308 g/mol. The molecule has 1 unspecified atom stereocenters. The molecule has 1 aromatic rings. The van der Waals surface area contributed by atoms with Crippen molar-refractivity contribution in [2.75, 3.05) is 5.32 Å². The molecule has 1 aromatic carbocycles. The van der Waals surface area contributed by atoms with E-state index in [4.69, 9.17) is 11.6 Å². The number of carbonyl (C=O) groups is 1. The van der Waals surface area contributed by atoms with E-state index in [0.29, 0.717) is 5.02 Å². The second kappa shape index (κ2) is 5.29. The van der Waals surface area contributed by atoms with Gasteiger partial charge in [-0.05, 0) is 50.3 Å². The Morgan fingerprint density at radius 1 is 1.29 bits per heavy atom. The average Bonchev–Trinajstić information content (AvgIpc) is 2.69. The van der Waals surface area contributed by atoms with E-state index in [9.17, 15) is 9.90 Å². The molecule has 1 aliphatic heterocycles. The fourth-order valence-electron chi connectivity index (χ4n) is 3.59. The minimum atomic E-state index is -0.596. The number of hydrogen-bond acceptors (Lipinski definition) is 2. The van der Waals surface area contributed by atoms with E-state index in [2.05, 4.69) is 5.32 Å². The van der Waals surface area contributed by atoms with Crippen molar-refractivity contribution in [3.05, 3.63) is 28.3 Å². The summed E-state index contributed by atoms with van der Waals surface area (Å²) in [6, 6.07) is 3.65. The van der Waals surface area contributed by atoms with Crippen LogP contribution in [0.3, 0.4) is 0 Å². The number of rotatable bonds is 2. The van der Waals surface area contributed by atoms with Crippen molar-refractivity contribution in [2.45, 2.75) is 57.5 Å². The fourth-order valence-corrected chi connectivity index (χ4v) is 3.82. The number of aliphatic hydroxyl groups excluding tert-OH is 1. The van der Waals surface area contributed by atoms with Crippen LogP contribution in [0.2, 0.25) is 5.02 Å². The van der Waals surface area contributed by atoms with Gasteiger partial charge in [0.05, 0.1) is 17.2 Å². The lowest BCUT2D eigenvalue weighted by molar-refractivity contribution is -0.119. The molecule has 4 heteroatoms. The number of aliphatic hydroxyl groups is 1. The van der Waals surface area contributed by atoms with Crippen molar-refractivity contribution in [1.29, 1.82) is 0 Å². The molecule has 0 spiro atoms. The molecule has 1 atom stereocenters. The van der Waals surface area contributed by atoms with Gasteiger partial charge in [-0.25, -0.2) is 0 Å². The van der Waals surface area contributed by atoms with Crippen molar-refractivity contribution < 1.29 is 9.90 Å². The summed E-state index contributed by atoms with van der Waals surface area (Å²) in [5, 5.41) is 14.3. The first kappa shape index (κ1) is 14.9. The van der Waals surface area contributed by atoms with Crippen LogP contribution in [-0.4, -0.2) is 11.0 Å². The van der Waals surface area contributed by atoms with Crippen molar-refractivity contribution in [2.24, 2.45) is 5.92 Å². The molecule has 21 heavy (non-hydrogen) atoms. The Kier molecular flexibility index (Phi) is 3.74. The number of carbonyl (C=O) groups excluding carboxylic acids is 1.